The Morgan fingerprint density at radius 3 is 3.29 bits per heavy atom. The van der Waals surface area contributed by atoms with E-state index in [1.165, 1.54) is 0 Å². The second kappa shape index (κ2) is 4.66. The quantitative estimate of drug-likeness (QED) is 0.816. The molecule has 4 heteroatoms. The Labute approximate surface area is 87.6 Å². The van der Waals surface area contributed by atoms with E-state index in [9.17, 15) is 4.79 Å². The van der Waals surface area contributed by atoms with E-state index in [-0.39, 0.29) is 5.92 Å². The largest absolute Gasteiger partial charge is 0.316 e. The van der Waals surface area contributed by atoms with Gasteiger partial charge in [0, 0.05) is 24.0 Å². The lowest BCUT2D eigenvalue weighted by molar-refractivity contribution is -0.122. The molecule has 1 fully saturated rings. The fourth-order valence-electron chi connectivity index (χ4n) is 1.76. The first kappa shape index (κ1) is 9.80. The van der Waals surface area contributed by atoms with Gasteiger partial charge in [0.2, 0.25) is 0 Å². The minimum atomic E-state index is 0.215. The van der Waals surface area contributed by atoms with Crippen molar-refractivity contribution in [1.29, 1.82) is 0 Å². The molecule has 0 bridgehead atoms. The third-order valence-electron chi connectivity index (χ3n) is 2.56. The molecule has 3 nitrogen and oxygen atoms in total. The molecule has 1 aromatic heterocycles. The first-order valence-corrected chi connectivity index (χ1v) is 5.86. The molecule has 0 saturated carbocycles. The highest BCUT2D eigenvalue weighted by Gasteiger charge is 2.21. The molecule has 0 spiro atoms. The van der Waals surface area contributed by atoms with E-state index < -0.39 is 0 Å². The summed E-state index contributed by atoms with van der Waals surface area (Å²) in [5.74, 6) is 0.555. The lowest BCUT2D eigenvalue weighted by Gasteiger charge is -2.20. The number of piperidine rings is 1. The van der Waals surface area contributed by atoms with E-state index in [1.54, 1.807) is 17.5 Å². The van der Waals surface area contributed by atoms with Crippen LogP contribution in [0.3, 0.4) is 0 Å². The number of hydrogen-bond donors (Lipinski definition) is 1. The number of nitrogens with zero attached hydrogens (tertiary/aromatic N) is 1. The number of ketones is 1. The molecule has 1 atom stereocenters. The van der Waals surface area contributed by atoms with Crippen molar-refractivity contribution >= 4 is 17.1 Å². The molecule has 1 N–H and O–H groups in total. The van der Waals surface area contributed by atoms with Crippen molar-refractivity contribution in [1.82, 2.24) is 10.3 Å². The van der Waals surface area contributed by atoms with Crippen LogP contribution in [0.5, 0.6) is 0 Å². The number of Topliss-reactive ketones (excluding diaryl/α,β-unsaturated/α-hetero) is 1. The zero-order valence-corrected chi connectivity index (χ0v) is 8.85. The van der Waals surface area contributed by atoms with Crippen LogP contribution in [0, 0.1) is 5.92 Å². The molecular weight excluding hydrogens is 196 g/mol. The van der Waals surface area contributed by atoms with Gasteiger partial charge in [-0.3, -0.25) is 4.79 Å². The monoisotopic (exact) mass is 210 g/mol. The lowest BCUT2D eigenvalue weighted by atomic mass is 9.93. The van der Waals surface area contributed by atoms with Crippen molar-refractivity contribution in [3.8, 4) is 0 Å². The Morgan fingerprint density at radius 2 is 2.64 bits per heavy atom. The number of nitrogens with one attached hydrogen (secondary N) is 1. The second-order valence-corrected chi connectivity index (χ2v) is 4.59. The van der Waals surface area contributed by atoms with E-state index in [0.717, 1.165) is 30.9 Å². The van der Waals surface area contributed by atoms with Gasteiger partial charge in [-0.15, -0.1) is 11.3 Å². The maximum Gasteiger partial charge on any atom is 0.144 e. The number of carbonyl (C=O) groups is 1. The lowest BCUT2D eigenvalue weighted by Crippen LogP contribution is -2.35. The average Bonchev–Trinajstić information content (AvgIpc) is 2.72. The maximum absolute atomic E-state index is 11.8. The summed E-state index contributed by atoms with van der Waals surface area (Å²) >= 11 is 1.56. The molecule has 76 valence electrons. The third kappa shape index (κ3) is 2.39. The average molecular weight is 210 g/mol. The van der Waals surface area contributed by atoms with Crippen molar-refractivity contribution in [2.45, 2.75) is 19.3 Å². The zero-order chi connectivity index (χ0) is 9.80. The van der Waals surface area contributed by atoms with Crippen LogP contribution < -0.4 is 5.32 Å². The van der Waals surface area contributed by atoms with Gasteiger partial charge in [0.05, 0.1) is 11.4 Å². The van der Waals surface area contributed by atoms with Crippen LogP contribution in [0.1, 0.15) is 17.8 Å². The van der Waals surface area contributed by atoms with E-state index in [1.807, 2.05) is 5.38 Å². The summed E-state index contributed by atoms with van der Waals surface area (Å²) in [5, 5.41) is 6.12. The van der Waals surface area contributed by atoms with Gasteiger partial charge >= 0.3 is 0 Å². The SMILES string of the molecule is O=C(Cc1nccs1)C1CCCNC1. The smallest absolute Gasteiger partial charge is 0.144 e. The number of aromatic nitrogens is 1. The molecule has 2 heterocycles. The van der Waals surface area contributed by atoms with E-state index in [4.69, 9.17) is 0 Å². The maximum atomic E-state index is 11.8. The van der Waals surface area contributed by atoms with Crippen LogP contribution >= 0.6 is 11.3 Å². The van der Waals surface area contributed by atoms with E-state index >= 15 is 0 Å². The van der Waals surface area contributed by atoms with Crippen molar-refractivity contribution in [2.24, 2.45) is 5.92 Å². The molecule has 0 aromatic carbocycles. The molecule has 0 amide bonds. The Kier molecular flexibility index (Phi) is 3.26. The van der Waals surface area contributed by atoms with Gasteiger partial charge in [0.1, 0.15) is 5.78 Å². The molecular formula is C10H14N2OS. The van der Waals surface area contributed by atoms with Gasteiger partial charge in [0.25, 0.3) is 0 Å². The summed E-state index contributed by atoms with van der Waals surface area (Å²) in [6, 6.07) is 0. The predicted octanol–water partition coefficient (Wildman–Crippen LogP) is 1.25. The Balaban J connectivity index is 1.88. The molecule has 0 radical (unpaired) electrons. The zero-order valence-electron chi connectivity index (χ0n) is 8.03. The summed E-state index contributed by atoms with van der Waals surface area (Å²) in [7, 11) is 0. The van der Waals surface area contributed by atoms with Crippen molar-refractivity contribution in [2.75, 3.05) is 13.1 Å². The number of thiazole rings is 1. The van der Waals surface area contributed by atoms with Gasteiger partial charge in [-0.05, 0) is 19.4 Å². The van der Waals surface area contributed by atoms with Gasteiger partial charge in [-0.25, -0.2) is 4.98 Å². The molecule has 1 aliphatic rings. The Bertz CT molecular complexity index is 291. The standard InChI is InChI=1S/C10H14N2OS/c13-9(6-10-12-4-5-14-10)8-2-1-3-11-7-8/h4-5,8,11H,1-3,6-7H2. The van der Waals surface area contributed by atoms with Crippen LogP contribution in [0.2, 0.25) is 0 Å². The van der Waals surface area contributed by atoms with Crippen LogP contribution in [0.15, 0.2) is 11.6 Å². The van der Waals surface area contributed by atoms with Crippen molar-refractivity contribution in [3.05, 3.63) is 16.6 Å². The first-order chi connectivity index (χ1) is 6.86. The summed E-state index contributed by atoms with van der Waals surface area (Å²) < 4.78 is 0. The summed E-state index contributed by atoms with van der Waals surface area (Å²) in [5.41, 5.74) is 0. The highest BCUT2D eigenvalue weighted by Crippen LogP contribution is 2.15. The fraction of sp³-hybridized carbons (Fsp3) is 0.600. The predicted molar refractivity (Wildman–Crippen MR) is 56.4 cm³/mol. The minimum absolute atomic E-state index is 0.215. The molecule has 1 aliphatic heterocycles. The molecule has 1 unspecified atom stereocenters. The molecule has 14 heavy (non-hydrogen) atoms. The van der Waals surface area contributed by atoms with Gasteiger partial charge in [0.15, 0.2) is 0 Å². The first-order valence-electron chi connectivity index (χ1n) is 4.98. The Hall–Kier alpha value is -0.740. The summed E-state index contributed by atoms with van der Waals surface area (Å²) in [6.45, 7) is 1.91. The summed E-state index contributed by atoms with van der Waals surface area (Å²) in [4.78, 5) is 15.9. The number of rotatable bonds is 3. The highest BCUT2D eigenvalue weighted by atomic mass is 32.1. The normalized spacial score (nSPS) is 22.1. The van der Waals surface area contributed by atoms with Gasteiger partial charge in [-0.1, -0.05) is 0 Å². The molecule has 1 saturated heterocycles. The fourth-order valence-corrected chi connectivity index (χ4v) is 2.39. The molecule has 1 aromatic rings. The van der Waals surface area contributed by atoms with Crippen molar-refractivity contribution in [3.63, 3.8) is 0 Å². The van der Waals surface area contributed by atoms with Crippen molar-refractivity contribution < 1.29 is 4.79 Å². The topological polar surface area (TPSA) is 42.0 Å². The Morgan fingerprint density at radius 1 is 1.71 bits per heavy atom. The van der Waals surface area contributed by atoms with Gasteiger partial charge in [-0.2, -0.15) is 0 Å². The van der Waals surface area contributed by atoms with Crippen LogP contribution in [-0.2, 0) is 11.2 Å². The summed E-state index contributed by atoms with van der Waals surface area (Å²) in [6.07, 6.45) is 4.43. The van der Waals surface area contributed by atoms with Gasteiger partial charge < -0.3 is 5.32 Å². The highest BCUT2D eigenvalue weighted by molar-refractivity contribution is 7.09. The van der Waals surface area contributed by atoms with E-state index in [0.29, 0.717) is 12.2 Å². The molecule has 0 aliphatic carbocycles. The van der Waals surface area contributed by atoms with Crippen LogP contribution in [0.4, 0.5) is 0 Å². The number of hydrogen-bond acceptors (Lipinski definition) is 4. The minimum Gasteiger partial charge on any atom is -0.316 e. The third-order valence-corrected chi connectivity index (χ3v) is 3.34. The van der Waals surface area contributed by atoms with Crippen LogP contribution in [0.25, 0.3) is 0 Å². The molecule has 2 rings (SSSR count). The van der Waals surface area contributed by atoms with Crippen LogP contribution in [-0.4, -0.2) is 23.9 Å². The number of carbonyl (C=O) groups excluding carboxylic acids is 1. The second-order valence-electron chi connectivity index (χ2n) is 3.61. The van der Waals surface area contributed by atoms with E-state index in [2.05, 4.69) is 10.3 Å².